The third kappa shape index (κ3) is 4.05. The quantitative estimate of drug-likeness (QED) is 0.246. The summed E-state index contributed by atoms with van der Waals surface area (Å²) in [6.07, 6.45) is 0. The number of aryl methyl sites for hydroxylation is 1. The van der Waals surface area contributed by atoms with E-state index >= 15 is 0 Å². The lowest BCUT2D eigenvalue weighted by Gasteiger charge is -2.13. The summed E-state index contributed by atoms with van der Waals surface area (Å²) in [5, 5.41) is 16.7. The number of hydrogen-bond donors (Lipinski definition) is 0. The molecule has 0 aliphatic rings. The fourth-order valence-corrected chi connectivity index (χ4v) is 6.35. The first kappa shape index (κ1) is 20.4. The van der Waals surface area contributed by atoms with Gasteiger partial charge in [-0.2, -0.15) is 0 Å². The molecular weight excluding hydrogens is 440 g/mol. The van der Waals surface area contributed by atoms with Crippen molar-refractivity contribution in [2.24, 2.45) is 0 Å². The molecule has 156 valence electrons. The van der Waals surface area contributed by atoms with E-state index in [0.717, 1.165) is 33.0 Å². The highest BCUT2D eigenvalue weighted by Crippen LogP contribution is 2.36. The zero-order chi connectivity index (χ0) is 21.4. The lowest BCUT2D eigenvalue weighted by molar-refractivity contribution is 0.555. The van der Waals surface area contributed by atoms with Crippen LogP contribution in [0.25, 0.3) is 32.0 Å². The van der Waals surface area contributed by atoms with Crippen LogP contribution in [0.4, 0.5) is 0 Å². The Balaban J connectivity index is 1.40. The van der Waals surface area contributed by atoms with Crippen molar-refractivity contribution in [2.45, 2.75) is 37.7 Å². The molecule has 0 spiro atoms. The fraction of sp³-hybridized carbons (Fsp3) is 0.208. The molecular formula is C24H22N4S3. The topological polar surface area (TPSA) is 43.6 Å². The Morgan fingerprint density at radius 3 is 2.58 bits per heavy atom. The highest BCUT2D eigenvalue weighted by atomic mass is 32.2. The first-order valence-corrected chi connectivity index (χ1v) is 12.9. The molecule has 5 aromatic rings. The molecule has 0 unspecified atom stereocenters. The third-order valence-corrected chi connectivity index (χ3v) is 7.98. The largest absolute Gasteiger partial charge is 0.299 e. The van der Waals surface area contributed by atoms with E-state index < -0.39 is 0 Å². The summed E-state index contributed by atoms with van der Waals surface area (Å²) in [5.74, 6) is 1.71. The van der Waals surface area contributed by atoms with Gasteiger partial charge in [-0.1, -0.05) is 59.8 Å². The van der Waals surface area contributed by atoms with Crippen LogP contribution in [0.15, 0.2) is 64.4 Å². The van der Waals surface area contributed by atoms with Crippen LogP contribution in [0, 0.1) is 6.92 Å². The number of thiazole rings is 1. The standard InChI is InChI=1S/C24H22N4S3/c1-15(2)28-22(20-14-29-21-7-5-4-6-19(20)21)26-27-24(28)31-13-18-12-30-23(25-18)17-10-8-16(3)9-11-17/h4-12,14-15H,13H2,1-3H3. The van der Waals surface area contributed by atoms with Crippen LogP contribution in [0.5, 0.6) is 0 Å². The van der Waals surface area contributed by atoms with Gasteiger partial charge in [0, 0.05) is 43.8 Å². The van der Waals surface area contributed by atoms with Crippen LogP contribution in [-0.4, -0.2) is 19.7 Å². The summed E-state index contributed by atoms with van der Waals surface area (Å²) >= 11 is 5.15. The highest BCUT2D eigenvalue weighted by molar-refractivity contribution is 7.98. The number of thioether (sulfide) groups is 1. The molecule has 3 aromatic heterocycles. The van der Waals surface area contributed by atoms with E-state index in [1.807, 2.05) is 0 Å². The molecule has 0 fully saturated rings. The molecule has 3 heterocycles. The molecule has 0 radical (unpaired) electrons. The zero-order valence-electron chi connectivity index (χ0n) is 17.6. The minimum atomic E-state index is 0.268. The first-order chi connectivity index (χ1) is 15.1. The van der Waals surface area contributed by atoms with E-state index in [9.17, 15) is 0 Å². The van der Waals surface area contributed by atoms with E-state index in [1.54, 1.807) is 34.4 Å². The minimum Gasteiger partial charge on any atom is -0.299 e. The van der Waals surface area contributed by atoms with Crippen molar-refractivity contribution in [3.8, 4) is 22.0 Å². The number of benzene rings is 2. The number of hydrogen-bond acceptors (Lipinski definition) is 6. The lowest BCUT2D eigenvalue weighted by atomic mass is 10.1. The van der Waals surface area contributed by atoms with Gasteiger partial charge in [0.2, 0.25) is 0 Å². The summed E-state index contributed by atoms with van der Waals surface area (Å²) in [5.41, 5.74) is 4.66. The van der Waals surface area contributed by atoms with Gasteiger partial charge in [0.05, 0.1) is 5.69 Å². The van der Waals surface area contributed by atoms with Crippen molar-refractivity contribution in [2.75, 3.05) is 0 Å². The first-order valence-electron chi connectivity index (χ1n) is 10.2. The number of thiophene rings is 1. The summed E-state index contributed by atoms with van der Waals surface area (Å²) in [6.45, 7) is 6.47. The van der Waals surface area contributed by atoms with Crippen molar-refractivity contribution in [1.82, 2.24) is 19.7 Å². The van der Waals surface area contributed by atoms with Gasteiger partial charge in [0.1, 0.15) is 5.01 Å². The van der Waals surface area contributed by atoms with E-state index in [1.165, 1.54) is 21.2 Å². The normalized spacial score (nSPS) is 11.6. The van der Waals surface area contributed by atoms with Crippen LogP contribution in [0.1, 0.15) is 31.1 Å². The Morgan fingerprint density at radius 2 is 1.77 bits per heavy atom. The van der Waals surface area contributed by atoms with Crippen molar-refractivity contribution in [3.63, 3.8) is 0 Å². The molecule has 0 aliphatic heterocycles. The molecule has 31 heavy (non-hydrogen) atoms. The Hall–Kier alpha value is -2.48. The molecule has 0 amide bonds. The summed E-state index contributed by atoms with van der Waals surface area (Å²) < 4.78 is 3.52. The Kier molecular flexibility index (Phi) is 5.65. The molecule has 2 aromatic carbocycles. The van der Waals surface area contributed by atoms with Gasteiger partial charge in [-0.15, -0.1) is 32.9 Å². The number of rotatable bonds is 6. The summed E-state index contributed by atoms with van der Waals surface area (Å²) in [7, 11) is 0. The molecule has 0 aliphatic carbocycles. The van der Waals surface area contributed by atoms with E-state index in [2.05, 4.69) is 94.8 Å². The van der Waals surface area contributed by atoms with E-state index in [-0.39, 0.29) is 6.04 Å². The zero-order valence-corrected chi connectivity index (χ0v) is 20.0. The molecule has 4 nitrogen and oxygen atoms in total. The van der Waals surface area contributed by atoms with Crippen LogP contribution < -0.4 is 0 Å². The second-order valence-electron chi connectivity index (χ2n) is 7.71. The summed E-state index contributed by atoms with van der Waals surface area (Å²) in [4.78, 5) is 4.84. The third-order valence-electron chi connectivity index (χ3n) is 5.10. The predicted molar refractivity (Wildman–Crippen MR) is 133 cm³/mol. The molecule has 0 N–H and O–H groups in total. The summed E-state index contributed by atoms with van der Waals surface area (Å²) in [6, 6.07) is 17.3. The predicted octanol–water partition coefficient (Wildman–Crippen LogP) is 7.46. The average Bonchev–Trinajstić information content (AvgIpc) is 3.50. The van der Waals surface area contributed by atoms with Gasteiger partial charge >= 0.3 is 0 Å². The molecule has 0 saturated heterocycles. The van der Waals surface area contributed by atoms with Gasteiger partial charge in [-0.3, -0.25) is 4.57 Å². The monoisotopic (exact) mass is 462 g/mol. The maximum atomic E-state index is 4.84. The SMILES string of the molecule is Cc1ccc(-c2nc(CSc3nnc(-c4csc5ccccc45)n3C(C)C)cs2)cc1. The van der Waals surface area contributed by atoms with Gasteiger partial charge in [0.25, 0.3) is 0 Å². The van der Waals surface area contributed by atoms with Crippen molar-refractivity contribution in [1.29, 1.82) is 0 Å². The molecule has 5 rings (SSSR count). The van der Waals surface area contributed by atoms with E-state index in [0.29, 0.717) is 0 Å². The van der Waals surface area contributed by atoms with Crippen molar-refractivity contribution in [3.05, 3.63) is 70.5 Å². The van der Waals surface area contributed by atoms with Gasteiger partial charge in [-0.25, -0.2) is 4.98 Å². The Labute approximate surface area is 194 Å². The Morgan fingerprint density at radius 1 is 0.968 bits per heavy atom. The van der Waals surface area contributed by atoms with Crippen molar-refractivity contribution < 1.29 is 0 Å². The van der Waals surface area contributed by atoms with Gasteiger partial charge in [0.15, 0.2) is 11.0 Å². The fourth-order valence-electron chi connectivity index (χ4n) is 3.52. The second-order valence-corrected chi connectivity index (χ2v) is 10.4. The van der Waals surface area contributed by atoms with E-state index in [4.69, 9.17) is 4.98 Å². The van der Waals surface area contributed by atoms with Crippen molar-refractivity contribution >= 4 is 44.5 Å². The van der Waals surface area contributed by atoms with Gasteiger partial charge in [-0.05, 0) is 26.8 Å². The number of fused-ring (bicyclic) bond motifs is 1. The maximum absolute atomic E-state index is 4.84. The van der Waals surface area contributed by atoms with Crippen LogP contribution in [0.3, 0.4) is 0 Å². The minimum absolute atomic E-state index is 0.268. The number of aromatic nitrogens is 4. The second kappa shape index (κ2) is 8.57. The molecule has 0 saturated carbocycles. The average molecular weight is 463 g/mol. The lowest BCUT2D eigenvalue weighted by Crippen LogP contribution is -2.05. The van der Waals surface area contributed by atoms with Crippen LogP contribution in [-0.2, 0) is 5.75 Å². The number of nitrogens with zero attached hydrogens (tertiary/aromatic N) is 4. The molecule has 7 heteroatoms. The maximum Gasteiger partial charge on any atom is 0.192 e. The van der Waals surface area contributed by atoms with Crippen LogP contribution in [0.2, 0.25) is 0 Å². The van der Waals surface area contributed by atoms with Gasteiger partial charge < -0.3 is 0 Å². The molecule has 0 bridgehead atoms. The smallest absolute Gasteiger partial charge is 0.192 e. The Bertz CT molecular complexity index is 1330. The van der Waals surface area contributed by atoms with Crippen LogP contribution >= 0.6 is 34.4 Å². The molecule has 0 atom stereocenters. The highest BCUT2D eigenvalue weighted by Gasteiger charge is 2.19.